The minimum atomic E-state index is 0. The maximum atomic E-state index is 5.83. The van der Waals surface area contributed by atoms with Gasteiger partial charge < -0.3 is 20.7 Å². The zero-order chi connectivity index (χ0) is 15.9. The first-order valence-electron chi connectivity index (χ1n) is 7.90. The van der Waals surface area contributed by atoms with Gasteiger partial charge in [-0.3, -0.25) is 0 Å². The monoisotopic (exact) mass is 433 g/mol. The number of hydrogen-bond donors (Lipinski definition) is 2. The number of guanidine groups is 1. The minimum absolute atomic E-state index is 0. The molecular weight excluding hydrogens is 405 g/mol. The van der Waals surface area contributed by atoms with E-state index in [0.717, 1.165) is 37.6 Å². The molecule has 1 aromatic rings. The summed E-state index contributed by atoms with van der Waals surface area (Å²) in [6.07, 6.45) is 2.13. The van der Waals surface area contributed by atoms with Crippen molar-refractivity contribution in [3.05, 3.63) is 23.9 Å². The highest BCUT2D eigenvalue weighted by Crippen LogP contribution is 2.15. The van der Waals surface area contributed by atoms with Gasteiger partial charge in [0, 0.05) is 25.8 Å². The van der Waals surface area contributed by atoms with Crippen molar-refractivity contribution in [2.45, 2.75) is 33.4 Å². The third-order valence-corrected chi connectivity index (χ3v) is 3.50. The Balaban J connectivity index is 0.00000264. The Morgan fingerprint density at radius 1 is 1.52 bits per heavy atom. The molecule has 1 aliphatic rings. The predicted octanol–water partition coefficient (Wildman–Crippen LogP) is 1.98. The SMILES string of the molecule is CC(C)CNC(N)=NCc1ccc(N2CCOC(C)C2)nc1.I. The third kappa shape index (κ3) is 6.90. The molecule has 3 N–H and O–H groups in total. The van der Waals surface area contributed by atoms with Crippen LogP contribution in [0.5, 0.6) is 0 Å². The lowest BCUT2D eigenvalue weighted by molar-refractivity contribution is 0.0529. The Labute approximate surface area is 155 Å². The summed E-state index contributed by atoms with van der Waals surface area (Å²) < 4.78 is 5.55. The Kier molecular flexibility index (Phi) is 8.60. The van der Waals surface area contributed by atoms with Crippen LogP contribution < -0.4 is 16.0 Å². The molecule has 23 heavy (non-hydrogen) atoms. The Bertz CT molecular complexity index is 492. The van der Waals surface area contributed by atoms with E-state index in [2.05, 4.69) is 47.0 Å². The van der Waals surface area contributed by atoms with Gasteiger partial charge in [-0.1, -0.05) is 19.9 Å². The normalized spacial score (nSPS) is 18.7. The summed E-state index contributed by atoms with van der Waals surface area (Å²) in [5.74, 6) is 2.03. The van der Waals surface area contributed by atoms with E-state index in [1.165, 1.54) is 0 Å². The standard InChI is InChI=1S/C16H27N5O.HI/c1-12(2)8-19-16(17)20-10-14-4-5-15(18-9-14)21-6-7-22-13(3)11-21;/h4-5,9,12-13H,6-8,10-11H2,1-3H3,(H3,17,19,20);1H. The van der Waals surface area contributed by atoms with Gasteiger partial charge in [0.25, 0.3) is 0 Å². The van der Waals surface area contributed by atoms with E-state index in [-0.39, 0.29) is 30.1 Å². The lowest BCUT2D eigenvalue weighted by Gasteiger charge is -2.32. The molecule has 1 saturated heterocycles. The Morgan fingerprint density at radius 3 is 2.91 bits per heavy atom. The van der Waals surface area contributed by atoms with Crippen LogP contribution in [0, 0.1) is 5.92 Å². The summed E-state index contributed by atoms with van der Waals surface area (Å²) in [6, 6.07) is 4.10. The molecule has 0 aliphatic carbocycles. The number of anilines is 1. The number of morpholine rings is 1. The fourth-order valence-corrected chi connectivity index (χ4v) is 2.26. The lowest BCUT2D eigenvalue weighted by Crippen LogP contribution is -2.41. The molecule has 2 heterocycles. The number of aliphatic imine (C=N–C) groups is 1. The van der Waals surface area contributed by atoms with Gasteiger partial charge in [0.2, 0.25) is 0 Å². The first kappa shape index (κ1) is 20.0. The first-order chi connectivity index (χ1) is 10.5. The number of pyridine rings is 1. The maximum absolute atomic E-state index is 5.83. The number of hydrogen-bond acceptors (Lipinski definition) is 4. The van der Waals surface area contributed by atoms with Gasteiger partial charge in [-0.15, -0.1) is 24.0 Å². The molecule has 1 aliphatic heterocycles. The van der Waals surface area contributed by atoms with Crippen LogP contribution in [-0.4, -0.2) is 43.3 Å². The number of nitrogens with one attached hydrogen (secondary N) is 1. The third-order valence-electron chi connectivity index (χ3n) is 3.50. The zero-order valence-electron chi connectivity index (χ0n) is 14.2. The number of nitrogens with two attached hydrogens (primary N) is 1. The second-order valence-corrected chi connectivity index (χ2v) is 6.13. The van der Waals surface area contributed by atoms with E-state index >= 15 is 0 Å². The maximum Gasteiger partial charge on any atom is 0.188 e. The van der Waals surface area contributed by atoms with Gasteiger partial charge >= 0.3 is 0 Å². The molecule has 0 radical (unpaired) electrons. The number of aromatic nitrogens is 1. The van der Waals surface area contributed by atoms with Gasteiger partial charge in [-0.05, 0) is 24.5 Å². The molecule has 6 nitrogen and oxygen atoms in total. The van der Waals surface area contributed by atoms with Gasteiger partial charge in [0.05, 0.1) is 19.3 Å². The quantitative estimate of drug-likeness (QED) is 0.422. The highest BCUT2D eigenvalue weighted by atomic mass is 127. The smallest absolute Gasteiger partial charge is 0.188 e. The number of ether oxygens (including phenoxy) is 1. The highest BCUT2D eigenvalue weighted by Gasteiger charge is 2.17. The van der Waals surface area contributed by atoms with E-state index in [4.69, 9.17) is 10.5 Å². The number of rotatable bonds is 5. The van der Waals surface area contributed by atoms with Gasteiger partial charge in [-0.25, -0.2) is 9.98 Å². The zero-order valence-corrected chi connectivity index (χ0v) is 16.5. The van der Waals surface area contributed by atoms with Gasteiger partial charge in [-0.2, -0.15) is 0 Å². The minimum Gasteiger partial charge on any atom is -0.375 e. The molecule has 0 saturated carbocycles. The second kappa shape index (κ2) is 9.92. The van der Waals surface area contributed by atoms with Crippen molar-refractivity contribution in [2.24, 2.45) is 16.6 Å². The summed E-state index contributed by atoms with van der Waals surface area (Å²) >= 11 is 0. The summed E-state index contributed by atoms with van der Waals surface area (Å²) in [6.45, 7) is 10.3. The predicted molar refractivity (Wildman–Crippen MR) is 105 cm³/mol. The van der Waals surface area contributed by atoms with Crippen molar-refractivity contribution in [3.8, 4) is 0 Å². The van der Waals surface area contributed by atoms with E-state index in [9.17, 15) is 0 Å². The average Bonchev–Trinajstić information content (AvgIpc) is 2.51. The summed E-state index contributed by atoms with van der Waals surface area (Å²) in [4.78, 5) is 11.1. The van der Waals surface area contributed by atoms with Crippen molar-refractivity contribution in [3.63, 3.8) is 0 Å². The van der Waals surface area contributed by atoms with Gasteiger partial charge in [0.1, 0.15) is 5.82 Å². The van der Waals surface area contributed by atoms with Crippen LogP contribution >= 0.6 is 24.0 Å². The average molecular weight is 433 g/mol. The van der Waals surface area contributed by atoms with Crippen LogP contribution in [0.3, 0.4) is 0 Å². The van der Waals surface area contributed by atoms with Crippen LogP contribution in [0.25, 0.3) is 0 Å². The fourth-order valence-electron chi connectivity index (χ4n) is 2.26. The highest BCUT2D eigenvalue weighted by molar-refractivity contribution is 14.0. The van der Waals surface area contributed by atoms with Crippen molar-refractivity contribution < 1.29 is 4.74 Å². The van der Waals surface area contributed by atoms with Gasteiger partial charge in [0.15, 0.2) is 5.96 Å². The Morgan fingerprint density at radius 2 is 2.30 bits per heavy atom. The van der Waals surface area contributed by atoms with Crippen LogP contribution in [0.2, 0.25) is 0 Å². The first-order valence-corrected chi connectivity index (χ1v) is 7.90. The lowest BCUT2D eigenvalue weighted by atomic mass is 10.2. The van der Waals surface area contributed by atoms with E-state index in [1.54, 1.807) is 0 Å². The fraction of sp³-hybridized carbons (Fsp3) is 0.625. The molecule has 1 aromatic heterocycles. The van der Waals surface area contributed by atoms with E-state index in [0.29, 0.717) is 18.4 Å². The second-order valence-electron chi connectivity index (χ2n) is 6.13. The van der Waals surface area contributed by atoms with Crippen molar-refractivity contribution in [1.82, 2.24) is 10.3 Å². The number of nitrogens with zero attached hydrogens (tertiary/aromatic N) is 3. The molecule has 0 spiro atoms. The molecule has 0 aromatic carbocycles. The summed E-state index contributed by atoms with van der Waals surface area (Å²) in [5.41, 5.74) is 6.88. The molecule has 2 rings (SSSR count). The molecular formula is C16H28IN5O. The van der Waals surface area contributed by atoms with Crippen molar-refractivity contribution in [1.29, 1.82) is 0 Å². The molecule has 1 unspecified atom stereocenters. The molecule has 7 heteroatoms. The number of halogens is 1. The molecule has 130 valence electrons. The van der Waals surface area contributed by atoms with Crippen LogP contribution in [0.4, 0.5) is 5.82 Å². The molecule has 0 bridgehead atoms. The summed E-state index contributed by atoms with van der Waals surface area (Å²) in [5, 5.41) is 3.11. The topological polar surface area (TPSA) is 75.8 Å². The van der Waals surface area contributed by atoms with Crippen LogP contribution in [0.1, 0.15) is 26.3 Å². The van der Waals surface area contributed by atoms with Crippen LogP contribution in [-0.2, 0) is 11.3 Å². The summed E-state index contributed by atoms with van der Waals surface area (Å²) in [7, 11) is 0. The van der Waals surface area contributed by atoms with E-state index in [1.807, 2.05) is 12.3 Å². The van der Waals surface area contributed by atoms with E-state index < -0.39 is 0 Å². The molecule has 1 fully saturated rings. The molecule has 1 atom stereocenters. The molecule has 0 amide bonds. The van der Waals surface area contributed by atoms with Crippen molar-refractivity contribution in [2.75, 3.05) is 31.1 Å². The largest absolute Gasteiger partial charge is 0.375 e. The van der Waals surface area contributed by atoms with Crippen molar-refractivity contribution >= 4 is 35.8 Å². The Hall–Kier alpha value is -1.09. The van der Waals surface area contributed by atoms with Crippen LogP contribution in [0.15, 0.2) is 23.3 Å².